The monoisotopic (exact) mass is 390 g/mol. The Morgan fingerprint density at radius 1 is 1.04 bits per heavy atom. The zero-order chi connectivity index (χ0) is 20.3. The minimum Gasteiger partial charge on any atom is -0.462 e. The summed E-state index contributed by atoms with van der Waals surface area (Å²) in [4.78, 5) is 41.8. The first-order chi connectivity index (χ1) is 13.4. The van der Waals surface area contributed by atoms with Gasteiger partial charge in [-0.3, -0.25) is 4.79 Å². The topological polar surface area (TPSA) is 88.7 Å². The first-order valence-corrected chi connectivity index (χ1v) is 10.2. The van der Waals surface area contributed by atoms with Gasteiger partial charge in [0, 0.05) is 18.8 Å². The summed E-state index contributed by atoms with van der Waals surface area (Å²) in [5.41, 5.74) is 1.57. The van der Waals surface area contributed by atoms with Crippen molar-refractivity contribution in [3.05, 3.63) is 22.5 Å². The molecule has 1 saturated carbocycles. The first kappa shape index (κ1) is 20.4. The fraction of sp³-hybridized carbons (Fsp3) is 0.667. The summed E-state index contributed by atoms with van der Waals surface area (Å²) in [6.45, 7) is 6.60. The van der Waals surface area contributed by atoms with E-state index >= 15 is 0 Å². The van der Waals surface area contributed by atoms with Crippen LogP contribution in [0.2, 0.25) is 0 Å². The number of carbonyl (C=O) groups excluding carboxylic acids is 3. The lowest BCUT2D eigenvalue weighted by molar-refractivity contribution is -0.137. The average molecular weight is 390 g/mol. The minimum atomic E-state index is -0.628. The van der Waals surface area contributed by atoms with Crippen molar-refractivity contribution in [1.29, 1.82) is 0 Å². The van der Waals surface area contributed by atoms with Crippen molar-refractivity contribution in [2.75, 3.05) is 26.3 Å². The molecule has 3 rings (SSSR count). The number of aromatic nitrogens is 1. The van der Waals surface area contributed by atoms with Crippen LogP contribution in [0, 0.1) is 25.7 Å². The maximum absolute atomic E-state index is 12.5. The van der Waals surface area contributed by atoms with Gasteiger partial charge in [-0.2, -0.15) is 0 Å². The maximum atomic E-state index is 12.5. The molecule has 0 spiro atoms. The minimum absolute atomic E-state index is 0.149. The number of amides is 1. The van der Waals surface area contributed by atoms with Crippen LogP contribution < -0.4 is 0 Å². The van der Waals surface area contributed by atoms with Crippen molar-refractivity contribution in [3.8, 4) is 0 Å². The molecule has 1 N–H and O–H groups in total. The van der Waals surface area contributed by atoms with E-state index in [2.05, 4.69) is 4.98 Å². The predicted octanol–water partition coefficient (Wildman–Crippen LogP) is 3.00. The number of nitrogens with zero attached hydrogens (tertiary/aromatic N) is 1. The number of H-pyrrole nitrogens is 1. The van der Waals surface area contributed by atoms with Gasteiger partial charge in [0.05, 0.1) is 12.2 Å². The summed E-state index contributed by atoms with van der Waals surface area (Å²) in [7, 11) is 0. The molecule has 2 aliphatic rings. The van der Waals surface area contributed by atoms with Gasteiger partial charge >= 0.3 is 11.9 Å². The molecule has 2 heterocycles. The maximum Gasteiger partial charge on any atom is 0.355 e. The van der Waals surface area contributed by atoms with Crippen LogP contribution in [0.25, 0.3) is 0 Å². The summed E-state index contributed by atoms with van der Waals surface area (Å²) >= 11 is 0. The molecule has 2 atom stereocenters. The number of ether oxygens (including phenoxy) is 2. The standard InChI is InChI=1S/C21H30N2O5/c1-4-27-20(25)18-13(2)19(22-14(18)3)21(26)28-12-17(24)23-10-9-15-7-5-6-8-16(15)11-23/h15-16,22H,4-12H2,1-3H3/t15-,16-/m1/s1. The Kier molecular flexibility index (Phi) is 6.42. The van der Waals surface area contributed by atoms with Crippen molar-refractivity contribution in [2.24, 2.45) is 11.8 Å². The summed E-state index contributed by atoms with van der Waals surface area (Å²) in [6, 6.07) is 0. The van der Waals surface area contributed by atoms with Crippen LogP contribution in [-0.4, -0.2) is 54.0 Å². The first-order valence-electron chi connectivity index (χ1n) is 10.2. The summed E-state index contributed by atoms with van der Waals surface area (Å²) in [5.74, 6) is 0.0778. The van der Waals surface area contributed by atoms with E-state index in [0.717, 1.165) is 25.4 Å². The average Bonchev–Trinajstić information content (AvgIpc) is 2.99. The molecule has 0 unspecified atom stereocenters. The van der Waals surface area contributed by atoms with E-state index in [4.69, 9.17) is 9.47 Å². The quantitative estimate of drug-likeness (QED) is 0.781. The molecule has 28 heavy (non-hydrogen) atoms. The Balaban J connectivity index is 1.57. The van der Waals surface area contributed by atoms with E-state index in [1.165, 1.54) is 25.7 Å². The molecule has 0 aromatic carbocycles. The molecule has 1 aliphatic carbocycles. The van der Waals surface area contributed by atoms with Gasteiger partial charge < -0.3 is 19.4 Å². The van der Waals surface area contributed by atoms with Crippen LogP contribution in [0.15, 0.2) is 0 Å². The van der Waals surface area contributed by atoms with E-state index in [1.54, 1.807) is 20.8 Å². The number of piperidine rings is 1. The second kappa shape index (κ2) is 8.80. The molecule has 7 heteroatoms. The number of carbonyl (C=O) groups is 3. The van der Waals surface area contributed by atoms with Crippen molar-refractivity contribution in [1.82, 2.24) is 9.88 Å². The van der Waals surface area contributed by atoms with Gasteiger partial charge in [0.2, 0.25) is 0 Å². The van der Waals surface area contributed by atoms with Gasteiger partial charge in [-0.1, -0.05) is 19.3 Å². The Bertz CT molecular complexity index is 754. The second-order valence-electron chi connectivity index (χ2n) is 7.85. The Morgan fingerprint density at radius 2 is 1.75 bits per heavy atom. The van der Waals surface area contributed by atoms with E-state index in [1.807, 2.05) is 4.90 Å². The van der Waals surface area contributed by atoms with E-state index < -0.39 is 11.9 Å². The molecule has 1 aromatic rings. The lowest BCUT2D eigenvalue weighted by Gasteiger charge is -2.41. The molecule has 1 amide bonds. The zero-order valence-corrected chi connectivity index (χ0v) is 17.0. The number of nitrogens with one attached hydrogen (secondary N) is 1. The molecule has 154 valence electrons. The summed E-state index contributed by atoms with van der Waals surface area (Å²) < 4.78 is 10.3. The molecule has 0 bridgehead atoms. The number of hydrogen-bond donors (Lipinski definition) is 1. The number of fused-ring (bicyclic) bond motifs is 1. The summed E-state index contributed by atoms with van der Waals surface area (Å²) in [5, 5.41) is 0. The van der Waals surface area contributed by atoms with Crippen molar-refractivity contribution < 1.29 is 23.9 Å². The van der Waals surface area contributed by atoms with Crippen molar-refractivity contribution >= 4 is 17.8 Å². The largest absolute Gasteiger partial charge is 0.462 e. The molecular formula is C21H30N2O5. The third kappa shape index (κ3) is 4.23. The van der Waals surface area contributed by atoms with E-state index in [0.29, 0.717) is 22.7 Å². The van der Waals surface area contributed by atoms with Gasteiger partial charge in [0.15, 0.2) is 6.61 Å². The Morgan fingerprint density at radius 3 is 2.46 bits per heavy atom. The van der Waals surface area contributed by atoms with Gasteiger partial charge in [-0.25, -0.2) is 9.59 Å². The highest BCUT2D eigenvalue weighted by Gasteiger charge is 2.33. The van der Waals surface area contributed by atoms with Crippen molar-refractivity contribution in [2.45, 2.75) is 52.9 Å². The number of rotatable bonds is 5. The molecule has 1 saturated heterocycles. The zero-order valence-electron chi connectivity index (χ0n) is 17.0. The lowest BCUT2D eigenvalue weighted by Crippen LogP contribution is -2.46. The fourth-order valence-electron chi connectivity index (χ4n) is 4.58. The highest BCUT2D eigenvalue weighted by atomic mass is 16.5. The van der Waals surface area contributed by atoms with Crippen LogP contribution >= 0.6 is 0 Å². The lowest BCUT2D eigenvalue weighted by atomic mass is 9.75. The number of aryl methyl sites for hydroxylation is 1. The third-order valence-corrected chi connectivity index (χ3v) is 6.09. The van der Waals surface area contributed by atoms with E-state index in [-0.39, 0.29) is 24.8 Å². The normalized spacial score (nSPS) is 21.8. The van der Waals surface area contributed by atoms with Crippen LogP contribution in [0.4, 0.5) is 0 Å². The molecular weight excluding hydrogens is 360 g/mol. The number of hydrogen-bond acceptors (Lipinski definition) is 5. The molecule has 7 nitrogen and oxygen atoms in total. The molecule has 1 aliphatic heterocycles. The number of aromatic amines is 1. The van der Waals surface area contributed by atoms with Crippen molar-refractivity contribution in [3.63, 3.8) is 0 Å². The summed E-state index contributed by atoms with van der Waals surface area (Å²) in [6.07, 6.45) is 6.05. The van der Waals surface area contributed by atoms with Gasteiger partial charge in [-0.05, 0) is 51.0 Å². The van der Waals surface area contributed by atoms with Gasteiger partial charge in [0.25, 0.3) is 5.91 Å². The van der Waals surface area contributed by atoms with Crippen LogP contribution in [0.3, 0.4) is 0 Å². The van der Waals surface area contributed by atoms with Gasteiger partial charge in [0.1, 0.15) is 5.69 Å². The smallest absolute Gasteiger partial charge is 0.355 e. The van der Waals surface area contributed by atoms with Crippen LogP contribution in [-0.2, 0) is 14.3 Å². The number of likely N-dealkylation sites (tertiary alicyclic amines) is 1. The number of esters is 2. The SMILES string of the molecule is CCOC(=O)c1c(C)[nH]c(C(=O)OCC(=O)N2CC[C@H]3CCCC[C@@H]3C2)c1C. The molecule has 1 aromatic heterocycles. The fourth-order valence-corrected chi connectivity index (χ4v) is 4.58. The van der Waals surface area contributed by atoms with E-state index in [9.17, 15) is 14.4 Å². The predicted molar refractivity (Wildman–Crippen MR) is 103 cm³/mol. The Labute approximate surface area is 165 Å². The van der Waals surface area contributed by atoms with Gasteiger partial charge in [-0.15, -0.1) is 0 Å². The highest BCUT2D eigenvalue weighted by molar-refractivity contribution is 5.99. The second-order valence-corrected chi connectivity index (χ2v) is 7.85. The molecule has 0 radical (unpaired) electrons. The molecule has 2 fully saturated rings. The highest BCUT2D eigenvalue weighted by Crippen LogP contribution is 2.36. The van der Waals surface area contributed by atoms with Crippen LogP contribution in [0.1, 0.15) is 71.1 Å². The third-order valence-electron chi connectivity index (χ3n) is 6.09. The Hall–Kier alpha value is -2.31. The van der Waals surface area contributed by atoms with Crippen LogP contribution in [0.5, 0.6) is 0 Å².